The molecule has 0 heterocycles. The molecule has 1 amide bonds. The molecule has 0 aliphatic heterocycles. The van der Waals surface area contributed by atoms with E-state index in [2.05, 4.69) is 0 Å². The van der Waals surface area contributed by atoms with Crippen molar-refractivity contribution in [1.82, 2.24) is 9.21 Å². The van der Waals surface area contributed by atoms with E-state index in [1.165, 1.54) is 13.5 Å². The first kappa shape index (κ1) is 15.4. The molecule has 1 rings (SSSR count). The minimum Gasteiger partial charge on any atom is -0.342 e. The van der Waals surface area contributed by atoms with Gasteiger partial charge in [0.2, 0.25) is 15.9 Å². The molecule has 0 aromatic rings. The average Bonchev–Trinajstić information content (AvgIpc) is 2.38. The summed E-state index contributed by atoms with van der Waals surface area (Å²) in [5.41, 5.74) is 0. The summed E-state index contributed by atoms with van der Waals surface area (Å²) in [5.74, 6) is -0.0781. The number of nitrogens with zero attached hydrogens (tertiary/aromatic N) is 2. The van der Waals surface area contributed by atoms with Gasteiger partial charge in [-0.25, -0.2) is 8.42 Å². The third-order valence-electron chi connectivity index (χ3n) is 3.71. The van der Waals surface area contributed by atoms with Crippen LogP contribution in [0.5, 0.6) is 0 Å². The molecule has 6 heteroatoms. The lowest BCUT2D eigenvalue weighted by atomic mass is 9.94. The monoisotopic (exact) mass is 276 g/mol. The second kappa shape index (κ2) is 6.52. The summed E-state index contributed by atoms with van der Waals surface area (Å²) in [6.07, 6.45) is 5.62. The van der Waals surface area contributed by atoms with Crippen molar-refractivity contribution in [2.24, 2.45) is 0 Å². The number of carbonyl (C=O) groups excluding carboxylic acids is 1. The van der Waals surface area contributed by atoms with Gasteiger partial charge in [-0.2, -0.15) is 4.31 Å². The van der Waals surface area contributed by atoms with Crippen LogP contribution in [0.2, 0.25) is 0 Å². The topological polar surface area (TPSA) is 57.7 Å². The molecule has 18 heavy (non-hydrogen) atoms. The minimum atomic E-state index is -3.27. The van der Waals surface area contributed by atoms with Gasteiger partial charge in [0.25, 0.3) is 0 Å². The lowest BCUT2D eigenvalue weighted by Crippen LogP contribution is -2.44. The molecule has 1 aliphatic rings. The first-order chi connectivity index (χ1) is 8.38. The van der Waals surface area contributed by atoms with E-state index in [4.69, 9.17) is 0 Å². The average molecular weight is 276 g/mol. The maximum atomic E-state index is 12.0. The Kier molecular flexibility index (Phi) is 5.59. The molecule has 0 bridgehead atoms. The van der Waals surface area contributed by atoms with Gasteiger partial charge >= 0.3 is 0 Å². The van der Waals surface area contributed by atoms with Crippen molar-refractivity contribution in [2.45, 2.75) is 45.1 Å². The number of sulfonamides is 1. The highest BCUT2D eigenvalue weighted by Gasteiger charge is 2.25. The lowest BCUT2D eigenvalue weighted by molar-refractivity contribution is -0.132. The van der Waals surface area contributed by atoms with Crippen molar-refractivity contribution in [3.05, 3.63) is 0 Å². The summed E-state index contributed by atoms with van der Waals surface area (Å²) >= 11 is 0. The number of hydrogen-bond acceptors (Lipinski definition) is 3. The van der Waals surface area contributed by atoms with E-state index < -0.39 is 10.0 Å². The number of rotatable bonds is 5. The lowest BCUT2D eigenvalue weighted by Gasteiger charge is -2.32. The first-order valence-electron chi connectivity index (χ1n) is 6.58. The molecular weight excluding hydrogens is 252 g/mol. The van der Waals surface area contributed by atoms with E-state index in [1.807, 2.05) is 0 Å². The molecule has 0 aromatic heterocycles. The van der Waals surface area contributed by atoms with Crippen LogP contribution in [0.3, 0.4) is 0 Å². The summed E-state index contributed by atoms with van der Waals surface area (Å²) in [5, 5.41) is 0. The molecule has 5 nitrogen and oxygen atoms in total. The van der Waals surface area contributed by atoms with Gasteiger partial charge in [-0.3, -0.25) is 4.79 Å². The van der Waals surface area contributed by atoms with Gasteiger partial charge in [-0.15, -0.1) is 0 Å². The molecule has 0 radical (unpaired) electrons. The van der Waals surface area contributed by atoms with Crippen LogP contribution in [0, 0.1) is 0 Å². The van der Waals surface area contributed by atoms with Crippen molar-refractivity contribution < 1.29 is 13.2 Å². The minimum absolute atomic E-state index is 0.0317. The van der Waals surface area contributed by atoms with Gasteiger partial charge in [0.15, 0.2) is 0 Å². The number of likely N-dealkylation sites (N-methyl/N-ethyl adjacent to an activating group) is 2. The zero-order chi connectivity index (χ0) is 13.8. The van der Waals surface area contributed by atoms with Crippen LogP contribution in [-0.4, -0.2) is 56.0 Å². The Balaban J connectivity index is 2.54. The first-order valence-corrected chi connectivity index (χ1v) is 8.19. The van der Waals surface area contributed by atoms with E-state index in [0.29, 0.717) is 0 Å². The van der Waals surface area contributed by atoms with E-state index >= 15 is 0 Å². The van der Waals surface area contributed by atoms with Gasteiger partial charge in [0.05, 0.1) is 12.3 Å². The Hall–Kier alpha value is -0.620. The second-order valence-corrected chi connectivity index (χ2v) is 7.32. The highest BCUT2D eigenvalue weighted by molar-refractivity contribution is 7.89. The molecular formula is C12H24N2O3S. The van der Waals surface area contributed by atoms with Gasteiger partial charge in [0.1, 0.15) is 0 Å². The second-order valence-electron chi connectivity index (χ2n) is 4.95. The number of amides is 1. The molecule has 1 aliphatic carbocycles. The highest BCUT2D eigenvalue weighted by atomic mass is 32.2. The molecule has 1 saturated carbocycles. The number of hydrogen-bond donors (Lipinski definition) is 0. The van der Waals surface area contributed by atoms with Crippen LogP contribution in [-0.2, 0) is 14.8 Å². The van der Waals surface area contributed by atoms with Crippen molar-refractivity contribution in [3.63, 3.8) is 0 Å². The Labute approximate surface area is 110 Å². The Morgan fingerprint density at radius 1 is 1.17 bits per heavy atom. The van der Waals surface area contributed by atoms with Crippen molar-refractivity contribution >= 4 is 15.9 Å². The predicted molar refractivity (Wildman–Crippen MR) is 71.7 cm³/mol. The SMILES string of the molecule is CCS(=O)(=O)N(C)CC(=O)N(C)C1CCCCC1. The fourth-order valence-corrected chi connectivity index (χ4v) is 3.04. The summed E-state index contributed by atoms with van der Waals surface area (Å²) in [7, 11) is -0.0255. The quantitative estimate of drug-likeness (QED) is 0.754. The Morgan fingerprint density at radius 3 is 2.22 bits per heavy atom. The van der Waals surface area contributed by atoms with Crippen LogP contribution in [0.25, 0.3) is 0 Å². The number of carbonyl (C=O) groups is 1. The van der Waals surface area contributed by atoms with E-state index in [1.54, 1.807) is 18.9 Å². The normalized spacial score (nSPS) is 18.0. The fraction of sp³-hybridized carbons (Fsp3) is 0.917. The van der Waals surface area contributed by atoms with E-state index in [0.717, 1.165) is 30.0 Å². The summed E-state index contributed by atoms with van der Waals surface area (Å²) < 4.78 is 24.3. The van der Waals surface area contributed by atoms with Crippen LogP contribution in [0.15, 0.2) is 0 Å². The highest BCUT2D eigenvalue weighted by Crippen LogP contribution is 2.21. The van der Waals surface area contributed by atoms with Gasteiger partial charge in [-0.05, 0) is 19.8 Å². The molecule has 106 valence electrons. The summed E-state index contributed by atoms with van der Waals surface area (Å²) in [6, 6.07) is 0.281. The Bertz CT molecular complexity index is 375. The van der Waals surface area contributed by atoms with Crippen LogP contribution in [0.4, 0.5) is 0 Å². The molecule has 0 unspecified atom stereocenters. The van der Waals surface area contributed by atoms with Crippen LogP contribution < -0.4 is 0 Å². The largest absolute Gasteiger partial charge is 0.342 e. The summed E-state index contributed by atoms with van der Waals surface area (Å²) in [6.45, 7) is 1.53. The smallest absolute Gasteiger partial charge is 0.237 e. The van der Waals surface area contributed by atoms with Crippen LogP contribution in [0.1, 0.15) is 39.0 Å². The van der Waals surface area contributed by atoms with Gasteiger partial charge in [0, 0.05) is 20.1 Å². The fourth-order valence-electron chi connectivity index (χ4n) is 2.29. The standard InChI is InChI=1S/C12H24N2O3S/c1-4-18(16,17)13(2)10-12(15)14(3)11-8-6-5-7-9-11/h11H,4-10H2,1-3H3. The predicted octanol–water partition coefficient (Wildman–Crippen LogP) is 1.06. The molecule has 0 atom stereocenters. The summed E-state index contributed by atoms with van der Waals surface area (Å²) in [4.78, 5) is 13.8. The van der Waals surface area contributed by atoms with Crippen LogP contribution >= 0.6 is 0 Å². The maximum Gasteiger partial charge on any atom is 0.237 e. The molecule has 0 aromatic carbocycles. The van der Waals surface area contributed by atoms with Crippen molar-refractivity contribution in [1.29, 1.82) is 0 Å². The van der Waals surface area contributed by atoms with Crippen molar-refractivity contribution in [3.8, 4) is 0 Å². The van der Waals surface area contributed by atoms with Gasteiger partial charge in [-0.1, -0.05) is 19.3 Å². The zero-order valence-electron chi connectivity index (χ0n) is 11.6. The van der Waals surface area contributed by atoms with E-state index in [9.17, 15) is 13.2 Å². The Morgan fingerprint density at radius 2 is 1.72 bits per heavy atom. The third kappa shape index (κ3) is 3.95. The third-order valence-corrected chi connectivity index (χ3v) is 5.52. The maximum absolute atomic E-state index is 12.0. The van der Waals surface area contributed by atoms with Crippen molar-refractivity contribution in [2.75, 3.05) is 26.4 Å². The molecule has 0 spiro atoms. The van der Waals surface area contributed by atoms with Gasteiger partial charge < -0.3 is 4.90 Å². The molecule has 0 saturated heterocycles. The van der Waals surface area contributed by atoms with E-state index in [-0.39, 0.29) is 24.2 Å². The molecule has 1 fully saturated rings. The zero-order valence-corrected chi connectivity index (χ0v) is 12.4. The molecule has 0 N–H and O–H groups in total.